The molecule has 0 atom stereocenters. The molecule has 0 spiro atoms. The predicted octanol–water partition coefficient (Wildman–Crippen LogP) is 2.14. The largest absolute Gasteiger partial charge is 0.467 e. The number of nitrogens with zero attached hydrogens (tertiary/aromatic N) is 4. The first-order valence-electron chi connectivity index (χ1n) is 6.05. The van der Waals surface area contributed by atoms with Gasteiger partial charge in [-0.25, -0.2) is 5.01 Å². The molecule has 0 amide bonds. The standard InChI is InChI=1S/C13H15N5OS/c1-3-17-18-9-16-13(20-2)11(7-14)12(18)15-8-10-5-4-6-19-10/h3-6,15H,8-9H2,1-2H3/b17-3-. The summed E-state index contributed by atoms with van der Waals surface area (Å²) in [5, 5.41) is 19.2. The minimum Gasteiger partial charge on any atom is -0.467 e. The number of rotatable bonds is 4. The van der Waals surface area contributed by atoms with Gasteiger partial charge in [-0.15, -0.1) is 11.8 Å². The Morgan fingerprint density at radius 2 is 2.55 bits per heavy atom. The van der Waals surface area contributed by atoms with Crippen molar-refractivity contribution in [1.29, 1.82) is 5.26 Å². The Labute approximate surface area is 121 Å². The second-order valence-electron chi connectivity index (χ2n) is 3.85. The lowest BCUT2D eigenvalue weighted by Crippen LogP contribution is -2.33. The van der Waals surface area contributed by atoms with Gasteiger partial charge in [0.05, 0.1) is 12.8 Å². The summed E-state index contributed by atoms with van der Waals surface area (Å²) in [5.41, 5.74) is 0.501. The highest BCUT2D eigenvalue weighted by atomic mass is 32.2. The van der Waals surface area contributed by atoms with E-state index in [-0.39, 0.29) is 0 Å². The van der Waals surface area contributed by atoms with Gasteiger partial charge in [0.2, 0.25) is 0 Å². The summed E-state index contributed by atoms with van der Waals surface area (Å²) in [7, 11) is 0. The van der Waals surface area contributed by atoms with Crippen LogP contribution in [-0.2, 0) is 6.54 Å². The lowest BCUT2D eigenvalue weighted by Gasteiger charge is -2.26. The molecule has 0 saturated carbocycles. The van der Waals surface area contributed by atoms with Gasteiger partial charge >= 0.3 is 0 Å². The quantitative estimate of drug-likeness (QED) is 0.859. The number of hydrogen-bond donors (Lipinski definition) is 1. The van der Waals surface area contributed by atoms with Gasteiger partial charge in [-0.1, -0.05) is 0 Å². The summed E-state index contributed by atoms with van der Waals surface area (Å²) in [6, 6.07) is 5.89. The smallest absolute Gasteiger partial charge is 0.146 e. The van der Waals surface area contributed by atoms with Crippen LogP contribution in [0.1, 0.15) is 12.7 Å². The summed E-state index contributed by atoms with van der Waals surface area (Å²) < 4.78 is 5.28. The lowest BCUT2D eigenvalue weighted by molar-refractivity contribution is 0.336. The lowest BCUT2D eigenvalue weighted by atomic mass is 10.2. The van der Waals surface area contributed by atoms with Gasteiger partial charge in [-0.05, 0) is 25.3 Å². The first-order valence-corrected chi connectivity index (χ1v) is 7.28. The van der Waals surface area contributed by atoms with Crippen molar-refractivity contribution >= 4 is 23.0 Å². The third-order valence-corrected chi connectivity index (χ3v) is 3.35. The Kier molecular flexibility index (Phi) is 4.85. The highest BCUT2D eigenvalue weighted by Crippen LogP contribution is 2.21. The average molecular weight is 289 g/mol. The fourth-order valence-corrected chi connectivity index (χ4v) is 2.31. The molecule has 20 heavy (non-hydrogen) atoms. The third-order valence-electron chi connectivity index (χ3n) is 2.63. The molecule has 0 unspecified atom stereocenters. The number of nitrogens with one attached hydrogen (secondary N) is 1. The van der Waals surface area contributed by atoms with Crippen molar-refractivity contribution in [3.63, 3.8) is 0 Å². The molecule has 0 saturated heterocycles. The van der Waals surface area contributed by atoms with Gasteiger partial charge in [-0.3, -0.25) is 4.99 Å². The molecule has 104 valence electrons. The first kappa shape index (κ1) is 14.2. The van der Waals surface area contributed by atoms with E-state index in [1.165, 1.54) is 11.8 Å². The molecular formula is C13H15N5OS. The van der Waals surface area contributed by atoms with Crippen LogP contribution in [0.2, 0.25) is 0 Å². The van der Waals surface area contributed by atoms with E-state index in [1.807, 2.05) is 25.3 Å². The number of hydrazone groups is 1. The highest BCUT2D eigenvalue weighted by Gasteiger charge is 2.22. The summed E-state index contributed by atoms with van der Waals surface area (Å²) in [6.45, 7) is 2.71. The Hall–Kier alpha value is -2.20. The minimum atomic E-state index is 0.395. The first-order chi connectivity index (χ1) is 9.80. The van der Waals surface area contributed by atoms with E-state index >= 15 is 0 Å². The molecule has 0 fully saturated rings. The van der Waals surface area contributed by atoms with Crippen LogP contribution in [0, 0.1) is 11.3 Å². The molecule has 1 aliphatic heterocycles. The van der Waals surface area contributed by atoms with E-state index in [0.29, 0.717) is 24.6 Å². The maximum absolute atomic E-state index is 9.36. The second-order valence-corrected chi connectivity index (χ2v) is 4.65. The number of hydrogen-bond acceptors (Lipinski definition) is 7. The molecule has 0 radical (unpaired) electrons. The summed E-state index contributed by atoms with van der Waals surface area (Å²) in [4.78, 5) is 4.34. The van der Waals surface area contributed by atoms with Crippen molar-refractivity contribution in [3.05, 3.63) is 35.6 Å². The van der Waals surface area contributed by atoms with E-state index < -0.39 is 0 Å². The summed E-state index contributed by atoms with van der Waals surface area (Å²) in [6.07, 6.45) is 5.19. The molecule has 1 aromatic heterocycles. The Morgan fingerprint density at radius 1 is 1.70 bits per heavy atom. The molecule has 0 aliphatic carbocycles. The zero-order chi connectivity index (χ0) is 14.4. The topological polar surface area (TPSA) is 76.9 Å². The van der Waals surface area contributed by atoms with Crippen LogP contribution >= 0.6 is 11.8 Å². The molecule has 0 bridgehead atoms. The van der Waals surface area contributed by atoms with Crippen LogP contribution < -0.4 is 5.32 Å². The van der Waals surface area contributed by atoms with Gasteiger partial charge < -0.3 is 9.73 Å². The molecule has 1 aliphatic rings. The molecule has 1 aromatic rings. The number of furan rings is 1. The van der Waals surface area contributed by atoms with Crippen LogP contribution in [0.15, 0.2) is 44.3 Å². The van der Waals surface area contributed by atoms with Crippen molar-refractivity contribution < 1.29 is 4.42 Å². The van der Waals surface area contributed by atoms with E-state index in [9.17, 15) is 5.26 Å². The maximum atomic E-state index is 9.36. The van der Waals surface area contributed by atoms with Gasteiger partial charge in [0.25, 0.3) is 0 Å². The van der Waals surface area contributed by atoms with Crippen molar-refractivity contribution in [2.45, 2.75) is 13.5 Å². The third kappa shape index (κ3) is 3.03. The molecule has 0 aromatic carbocycles. The predicted molar refractivity (Wildman–Crippen MR) is 80.0 cm³/mol. The van der Waals surface area contributed by atoms with Crippen LogP contribution in [-0.4, -0.2) is 29.2 Å². The Balaban J connectivity index is 2.26. The normalized spacial score (nSPS) is 15.4. The fraction of sp³-hybridized carbons (Fsp3) is 0.308. The van der Waals surface area contributed by atoms with E-state index in [1.54, 1.807) is 17.5 Å². The SMILES string of the molecule is C/C=N\N1CN=C(SC)C(C#N)=C1NCc1ccco1. The second kappa shape index (κ2) is 6.82. The van der Waals surface area contributed by atoms with E-state index in [0.717, 1.165) is 10.8 Å². The minimum absolute atomic E-state index is 0.395. The van der Waals surface area contributed by atoms with E-state index in [4.69, 9.17) is 4.42 Å². The molecule has 1 N–H and O–H groups in total. The molecule has 7 heteroatoms. The number of thioether (sulfide) groups is 1. The average Bonchev–Trinajstić information content (AvgIpc) is 2.98. The zero-order valence-electron chi connectivity index (χ0n) is 11.3. The van der Waals surface area contributed by atoms with Gasteiger partial charge in [0.1, 0.15) is 34.9 Å². The van der Waals surface area contributed by atoms with Crippen molar-refractivity contribution in [2.75, 3.05) is 12.9 Å². The summed E-state index contributed by atoms with van der Waals surface area (Å²) >= 11 is 1.45. The van der Waals surface area contributed by atoms with Crippen molar-refractivity contribution in [3.8, 4) is 6.07 Å². The van der Waals surface area contributed by atoms with Crippen LogP contribution in [0.25, 0.3) is 0 Å². The number of nitriles is 1. The van der Waals surface area contributed by atoms with Gasteiger partial charge in [0.15, 0.2) is 0 Å². The van der Waals surface area contributed by atoms with Gasteiger partial charge in [0, 0.05) is 6.21 Å². The van der Waals surface area contributed by atoms with Gasteiger partial charge in [-0.2, -0.15) is 10.4 Å². The van der Waals surface area contributed by atoms with Crippen LogP contribution in [0.5, 0.6) is 0 Å². The molecular weight excluding hydrogens is 274 g/mol. The molecule has 2 heterocycles. The molecule has 2 rings (SSSR count). The van der Waals surface area contributed by atoms with Crippen LogP contribution in [0.4, 0.5) is 0 Å². The maximum Gasteiger partial charge on any atom is 0.146 e. The summed E-state index contributed by atoms with van der Waals surface area (Å²) in [5.74, 6) is 1.45. The highest BCUT2D eigenvalue weighted by molar-refractivity contribution is 8.13. The zero-order valence-corrected chi connectivity index (χ0v) is 12.1. The monoisotopic (exact) mass is 289 g/mol. The molecule has 6 nitrogen and oxygen atoms in total. The van der Waals surface area contributed by atoms with Crippen LogP contribution in [0.3, 0.4) is 0 Å². The number of aliphatic imine (C=N–C) groups is 1. The van der Waals surface area contributed by atoms with E-state index in [2.05, 4.69) is 21.5 Å². The Bertz CT molecular complexity index is 582. The Morgan fingerprint density at radius 3 is 3.15 bits per heavy atom. The van der Waals surface area contributed by atoms with Crippen molar-refractivity contribution in [2.24, 2.45) is 10.1 Å². The van der Waals surface area contributed by atoms with Crippen molar-refractivity contribution in [1.82, 2.24) is 10.3 Å². The fourth-order valence-electron chi connectivity index (χ4n) is 1.78.